The van der Waals surface area contributed by atoms with Gasteiger partial charge in [0.05, 0.1) is 0 Å². The summed E-state index contributed by atoms with van der Waals surface area (Å²) in [5, 5.41) is 8.59. The first-order valence-electron chi connectivity index (χ1n) is 11.5. The minimum Gasteiger partial charge on any atom is -0.351 e. The predicted octanol–water partition coefficient (Wildman–Crippen LogP) is 3.46. The highest BCUT2D eigenvalue weighted by Crippen LogP contribution is 2.13. The smallest absolute Gasteiger partial charge is 0.251 e. The van der Waals surface area contributed by atoms with E-state index in [1.807, 2.05) is 32.9 Å². The molecule has 7 nitrogen and oxygen atoms in total. The molecule has 0 unspecified atom stereocenters. The Hall–Kier alpha value is -3.19. The Balaban J connectivity index is 1.95. The van der Waals surface area contributed by atoms with Crippen LogP contribution in [0.4, 0.5) is 5.69 Å². The van der Waals surface area contributed by atoms with Gasteiger partial charge in [-0.3, -0.25) is 14.4 Å². The molecule has 0 saturated carbocycles. The molecule has 0 fully saturated rings. The molecule has 7 heteroatoms. The third-order valence-electron chi connectivity index (χ3n) is 5.54. The van der Waals surface area contributed by atoms with Crippen molar-refractivity contribution in [3.8, 4) is 0 Å². The molecule has 2 aromatic rings. The summed E-state index contributed by atoms with van der Waals surface area (Å²) in [4.78, 5) is 40.1. The number of aryl methyl sites for hydroxylation is 1. The number of carbonyl (C=O) groups is 3. The molecule has 0 aliphatic heterocycles. The number of likely N-dealkylation sites (N-methyl/N-ethyl adjacent to an activating group) is 1. The molecule has 2 rings (SSSR count). The molecule has 0 aliphatic carbocycles. The summed E-state index contributed by atoms with van der Waals surface area (Å²) >= 11 is 0. The van der Waals surface area contributed by atoms with Crippen LogP contribution >= 0.6 is 0 Å². The quantitative estimate of drug-likeness (QED) is 0.487. The molecular formula is C26H36N4O3. The lowest BCUT2D eigenvalue weighted by Gasteiger charge is -2.22. The summed E-state index contributed by atoms with van der Waals surface area (Å²) in [6.07, 6.45) is 0. The van der Waals surface area contributed by atoms with E-state index in [2.05, 4.69) is 34.7 Å². The van der Waals surface area contributed by atoms with Crippen molar-refractivity contribution in [3.05, 3.63) is 65.2 Å². The minimum absolute atomic E-state index is 0.102. The highest BCUT2D eigenvalue weighted by Gasteiger charge is 2.25. The second-order valence-corrected chi connectivity index (χ2v) is 8.41. The number of hydrogen-bond donors (Lipinski definition) is 3. The second kappa shape index (κ2) is 12.7. The maximum absolute atomic E-state index is 12.9. The molecule has 0 aromatic heterocycles. The predicted molar refractivity (Wildman–Crippen MR) is 132 cm³/mol. The molecule has 1 atom stereocenters. The van der Waals surface area contributed by atoms with Crippen molar-refractivity contribution in [3.63, 3.8) is 0 Å². The van der Waals surface area contributed by atoms with Gasteiger partial charge in [-0.05, 0) is 62.3 Å². The van der Waals surface area contributed by atoms with Crippen molar-refractivity contribution >= 4 is 23.4 Å². The number of carbonyl (C=O) groups excluding carboxylic acids is 3. The van der Waals surface area contributed by atoms with Gasteiger partial charge in [-0.15, -0.1) is 0 Å². The fraction of sp³-hybridized carbons (Fsp3) is 0.423. The van der Waals surface area contributed by atoms with Gasteiger partial charge >= 0.3 is 0 Å². The summed E-state index contributed by atoms with van der Waals surface area (Å²) in [7, 11) is 0. The Morgan fingerprint density at radius 3 is 2.15 bits per heavy atom. The van der Waals surface area contributed by atoms with Crippen molar-refractivity contribution in [2.75, 3.05) is 31.5 Å². The largest absolute Gasteiger partial charge is 0.351 e. The summed E-state index contributed by atoms with van der Waals surface area (Å²) in [5.74, 6) is -0.841. The van der Waals surface area contributed by atoms with Gasteiger partial charge in [0, 0.05) is 29.9 Å². The lowest BCUT2D eigenvalue weighted by molar-refractivity contribution is -0.118. The topological polar surface area (TPSA) is 90.5 Å². The van der Waals surface area contributed by atoms with Gasteiger partial charge in [0.25, 0.3) is 11.8 Å². The lowest BCUT2D eigenvalue weighted by atomic mass is 10.0. The Kier molecular flexibility index (Phi) is 10.1. The molecular weight excluding hydrogens is 416 g/mol. The van der Waals surface area contributed by atoms with E-state index in [1.54, 1.807) is 36.4 Å². The summed E-state index contributed by atoms with van der Waals surface area (Å²) in [6.45, 7) is 13.1. The molecule has 2 aromatic carbocycles. The highest BCUT2D eigenvalue weighted by molar-refractivity contribution is 6.01. The standard InChI is InChI=1S/C26H36N4O3/c1-6-30(7-2)16-15-27-24(31)20-11-13-22(14-12-20)28-26(33)23(18(3)4)29-25(32)21-10-8-9-19(5)17-21/h8-14,17-18,23H,6-7,15-16H2,1-5H3,(H,27,31)(H,28,33)(H,29,32)/t23-/m0/s1. The van der Waals surface area contributed by atoms with Crippen LogP contribution in [-0.4, -0.2) is 54.8 Å². The Morgan fingerprint density at radius 2 is 1.58 bits per heavy atom. The first-order valence-corrected chi connectivity index (χ1v) is 11.5. The Bertz CT molecular complexity index is 937. The molecule has 0 heterocycles. The zero-order valence-electron chi connectivity index (χ0n) is 20.3. The Morgan fingerprint density at radius 1 is 0.909 bits per heavy atom. The van der Waals surface area contributed by atoms with Gasteiger partial charge in [-0.1, -0.05) is 45.4 Å². The number of nitrogens with one attached hydrogen (secondary N) is 3. The van der Waals surface area contributed by atoms with Gasteiger partial charge in [0.15, 0.2) is 0 Å². The van der Waals surface area contributed by atoms with E-state index < -0.39 is 6.04 Å². The van der Waals surface area contributed by atoms with E-state index in [4.69, 9.17) is 0 Å². The number of benzene rings is 2. The van der Waals surface area contributed by atoms with Crippen LogP contribution in [0.5, 0.6) is 0 Å². The minimum atomic E-state index is -0.693. The molecule has 0 spiro atoms. The SMILES string of the molecule is CCN(CC)CCNC(=O)c1ccc(NC(=O)[C@@H](NC(=O)c2cccc(C)c2)C(C)C)cc1. The van der Waals surface area contributed by atoms with Crippen LogP contribution < -0.4 is 16.0 Å². The van der Waals surface area contributed by atoms with Crippen LogP contribution in [0.1, 0.15) is 54.0 Å². The third kappa shape index (κ3) is 8.02. The van der Waals surface area contributed by atoms with Gasteiger partial charge in [-0.25, -0.2) is 0 Å². The fourth-order valence-electron chi connectivity index (χ4n) is 3.44. The van der Waals surface area contributed by atoms with Crippen molar-refractivity contribution in [2.24, 2.45) is 5.92 Å². The first-order chi connectivity index (χ1) is 15.7. The normalized spacial score (nSPS) is 11.8. The number of amides is 3. The zero-order valence-corrected chi connectivity index (χ0v) is 20.3. The van der Waals surface area contributed by atoms with Crippen LogP contribution in [0, 0.1) is 12.8 Å². The fourth-order valence-corrected chi connectivity index (χ4v) is 3.44. The van der Waals surface area contributed by atoms with E-state index in [-0.39, 0.29) is 23.6 Å². The molecule has 0 bridgehead atoms. The highest BCUT2D eigenvalue weighted by atomic mass is 16.2. The van der Waals surface area contributed by atoms with Crippen LogP contribution in [0.15, 0.2) is 48.5 Å². The monoisotopic (exact) mass is 452 g/mol. The van der Waals surface area contributed by atoms with Gasteiger partial charge < -0.3 is 20.9 Å². The maximum atomic E-state index is 12.9. The number of rotatable bonds is 11. The number of nitrogens with zero attached hydrogens (tertiary/aromatic N) is 1. The van der Waals surface area contributed by atoms with E-state index in [1.165, 1.54) is 0 Å². The summed E-state index contributed by atoms with van der Waals surface area (Å²) < 4.78 is 0. The average molecular weight is 453 g/mol. The van der Waals surface area contributed by atoms with E-state index in [0.29, 0.717) is 23.4 Å². The number of anilines is 1. The van der Waals surface area contributed by atoms with Crippen LogP contribution in [0.3, 0.4) is 0 Å². The van der Waals surface area contributed by atoms with Gasteiger partial charge in [0.1, 0.15) is 6.04 Å². The lowest BCUT2D eigenvalue weighted by Crippen LogP contribution is -2.47. The van der Waals surface area contributed by atoms with Crippen LogP contribution in [0.2, 0.25) is 0 Å². The third-order valence-corrected chi connectivity index (χ3v) is 5.54. The van der Waals surface area contributed by atoms with Crippen molar-refractivity contribution in [1.29, 1.82) is 0 Å². The van der Waals surface area contributed by atoms with Gasteiger partial charge in [0.2, 0.25) is 5.91 Å². The molecule has 3 amide bonds. The van der Waals surface area contributed by atoms with Crippen molar-refractivity contribution < 1.29 is 14.4 Å². The average Bonchev–Trinajstić information content (AvgIpc) is 2.80. The summed E-state index contributed by atoms with van der Waals surface area (Å²) in [6, 6.07) is 13.3. The maximum Gasteiger partial charge on any atom is 0.251 e. The molecule has 0 aliphatic rings. The molecule has 0 radical (unpaired) electrons. The van der Waals surface area contributed by atoms with Crippen LogP contribution in [0.25, 0.3) is 0 Å². The van der Waals surface area contributed by atoms with Gasteiger partial charge in [-0.2, -0.15) is 0 Å². The van der Waals surface area contributed by atoms with E-state index in [9.17, 15) is 14.4 Å². The second-order valence-electron chi connectivity index (χ2n) is 8.41. The molecule has 0 saturated heterocycles. The van der Waals surface area contributed by atoms with Crippen molar-refractivity contribution in [1.82, 2.24) is 15.5 Å². The summed E-state index contributed by atoms with van der Waals surface area (Å²) in [5.41, 5.74) is 2.59. The molecule has 178 valence electrons. The van der Waals surface area contributed by atoms with E-state index >= 15 is 0 Å². The Labute approximate surface area is 196 Å². The molecule has 3 N–H and O–H groups in total. The van der Waals surface area contributed by atoms with E-state index in [0.717, 1.165) is 25.2 Å². The first kappa shape index (κ1) is 26.1. The zero-order chi connectivity index (χ0) is 24.4. The molecule has 33 heavy (non-hydrogen) atoms. The number of hydrogen-bond acceptors (Lipinski definition) is 4. The van der Waals surface area contributed by atoms with Crippen molar-refractivity contribution in [2.45, 2.75) is 40.7 Å². The van der Waals surface area contributed by atoms with Crippen LogP contribution in [-0.2, 0) is 4.79 Å².